The van der Waals surface area contributed by atoms with E-state index in [-0.39, 0.29) is 10.9 Å². The molecular formula is C29H29IO2S. The molecule has 0 radical (unpaired) electrons. The first-order valence-corrected chi connectivity index (χ1v) is 14.1. The van der Waals surface area contributed by atoms with E-state index in [1.807, 2.05) is 0 Å². The number of carbonyl (C=O) groups excluding carboxylic acids is 1. The Hall–Kier alpha value is -1.79. The summed E-state index contributed by atoms with van der Waals surface area (Å²) < 4.78 is 1.27. The lowest BCUT2D eigenvalue weighted by Crippen LogP contribution is -2.54. The van der Waals surface area contributed by atoms with Crippen molar-refractivity contribution >= 4 is 39.5 Å². The van der Waals surface area contributed by atoms with Crippen molar-refractivity contribution < 1.29 is 9.90 Å². The Balaban J connectivity index is 0.000000151. The third-order valence-corrected chi connectivity index (χ3v) is 10.4. The average Bonchev–Trinajstić information content (AvgIpc) is 2.82. The molecule has 170 valence electrons. The molecule has 4 saturated carbocycles. The maximum absolute atomic E-state index is 11.1. The van der Waals surface area contributed by atoms with Crippen LogP contribution in [0, 0.1) is 26.7 Å². The molecule has 0 atom stereocenters. The molecule has 7 rings (SSSR count). The number of carboxylic acid groups (broad SMARTS) is 1. The van der Waals surface area contributed by atoms with Gasteiger partial charge in [0.25, 0.3) is 0 Å². The summed E-state index contributed by atoms with van der Waals surface area (Å²) in [4.78, 5) is 15.2. The summed E-state index contributed by atoms with van der Waals surface area (Å²) in [6, 6.07) is 30.3. The fourth-order valence-corrected chi connectivity index (χ4v) is 8.90. The van der Waals surface area contributed by atoms with Gasteiger partial charge in [0.1, 0.15) is 0 Å². The van der Waals surface area contributed by atoms with E-state index in [1.165, 1.54) is 37.5 Å². The van der Waals surface area contributed by atoms with Gasteiger partial charge in [-0.3, -0.25) is 0 Å². The first kappa shape index (κ1) is 23.0. The zero-order valence-corrected chi connectivity index (χ0v) is 21.6. The normalized spacial score (nSPS) is 27.2. The largest absolute Gasteiger partial charge is 0.550 e. The maximum Gasteiger partial charge on any atom is 0.166 e. The molecule has 0 unspecified atom stereocenters. The zero-order valence-electron chi connectivity index (χ0n) is 18.7. The lowest BCUT2D eigenvalue weighted by molar-refractivity contribution is -0.327. The molecule has 4 heteroatoms. The summed E-state index contributed by atoms with van der Waals surface area (Å²) in [5.74, 6) is 1.38. The summed E-state index contributed by atoms with van der Waals surface area (Å²) in [5.41, 5.74) is -0.394. The third kappa shape index (κ3) is 5.02. The van der Waals surface area contributed by atoms with E-state index in [9.17, 15) is 9.90 Å². The van der Waals surface area contributed by atoms with Crippen LogP contribution in [0.25, 0.3) is 0 Å². The van der Waals surface area contributed by atoms with Crippen molar-refractivity contribution in [3.05, 3.63) is 88.5 Å². The van der Waals surface area contributed by atoms with Gasteiger partial charge in [0, 0.05) is 15.0 Å². The molecule has 0 saturated heterocycles. The Labute approximate surface area is 213 Å². The molecule has 0 amide bonds. The molecule has 0 spiro atoms. The fourth-order valence-electron chi connectivity index (χ4n) is 6.45. The molecule has 2 nitrogen and oxygen atoms in total. The van der Waals surface area contributed by atoms with E-state index in [0.717, 1.165) is 19.3 Å². The van der Waals surface area contributed by atoms with Crippen molar-refractivity contribution in [3.63, 3.8) is 0 Å². The smallest absolute Gasteiger partial charge is 0.166 e. The van der Waals surface area contributed by atoms with Gasteiger partial charge in [-0.2, -0.15) is 0 Å². The molecule has 4 fully saturated rings. The summed E-state index contributed by atoms with van der Waals surface area (Å²) in [7, 11) is -0.0262. The monoisotopic (exact) mass is 568 g/mol. The summed E-state index contributed by atoms with van der Waals surface area (Å²) in [5, 5.41) is 11.1. The van der Waals surface area contributed by atoms with E-state index >= 15 is 0 Å². The number of hydrogen-bond donors (Lipinski definition) is 0. The van der Waals surface area contributed by atoms with Gasteiger partial charge in [0.05, 0.1) is 10.9 Å². The highest BCUT2D eigenvalue weighted by Gasteiger charge is 2.51. The minimum atomic E-state index is -0.758. The Morgan fingerprint density at radius 2 is 1.09 bits per heavy atom. The van der Waals surface area contributed by atoms with Gasteiger partial charge in [0.2, 0.25) is 0 Å². The van der Waals surface area contributed by atoms with Gasteiger partial charge < -0.3 is 9.90 Å². The molecule has 4 aliphatic carbocycles. The number of hydrogen-bond acceptors (Lipinski definition) is 2. The molecule has 3 aromatic rings. The predicted molar refractivity (Wildman–Crippen MR) is 140 cm³/mol. The lowest BCUT2D eigenvalue weighted by Gasteiger charge is -2.57. The van der Waals surface area contributed by atoms with Gasteiger partial charge in [-0.25, -0.2) is 0 Å². The Morgan fingerprint density at radius 3 is 1.48 bits per heavy atom. The number of benzene rings is 3. The highest BCUT2D eigenvalue weighted by molar-refractivity contribution is 14.1. The van der Waals surface area contributed by atoms with Crippen LogP contribution in [0.15, 0.2) is 99.6 Å². The quantitative estimate of drug-likeness (QED) is 0.272. The van der Waals surface area contributed by atoms with Crippen molar-refractivity contribution in [2.75, 3.05) is 0 Å². The molecule has 4 bridgehead atoms. The van der Waals surface area contributed by atoms with Crippen LogP contribution >= 0.6 is 22.6 Å². The average molecular weight is 569 g/mol. The van der Waals surface area contributed by atoms with Crippen molar-refractivity contribution in [3.8, 4) is 0 Å². The minimum Gasteiger partial charge on any atom is -0.550 e. The van der Waals surface area contributed by atoms with E-state index in [0.29, 0.717) is 17.8 Å². The summed E-state index contributed by atoms with van der Waals surface area (Å²) >= 11 is 2.35. The van der Waals surface area contributed by atoms with Crippen molar-refractivity contribution in [2.24, 2.45) is 23.2 Å². The topological polar surface area (TPSA) is 40.1 Å². The molecule has 0 N–H and O–H groups in total. The van der Waals surface area contributed by atoms with Gasteiger partial charge in [-0.05, 0) is 127 Å². The van der Waals surface area contributed by atoms with Crippen LogP contribution in [0.3, 0.4) is 0 Å². The number of carboxylic acids is 1. The number of rotatable bonds is 4. The maximum atomic E-state index is 11.1. The molecule has 0 aliphatic heterocycles. The van der Waals surface area contributed by atoms with Crippen molar-refractivity contribution in [2.45, 2.75) is 53.2 Å². The van der Waals surface area contributed by atoms with Crippen molar-refractivity contribution in [1.29, 1.82) is 0 Å². The Bertz CT molecular complexity index is 1010. The van der Waals surface area contributed by atoms with Crippen LogP contribution in [0.5, 0.6) is 0 Å². The lowest BCUT2D eigenvalue weighted by atomic mass is 9.49. The summed E-state index contributed by atoms with van der Waals surface area (Å²) in [6.07, 6.45) is 6.65. The number of carbonyl (C=O) groups is 1. The second-order valence-corrected chi connectivity index (χ2v) is 13.1. The first-order valence-electron chi connectivity index (χ1n) is 11.8. The molecular weight excluding hydrogens is 539 g/mol. The second-order valence-electron chi connectivity index (χ2n) is 9.87. The molecule has 4 aliphatic rings. The van der Waals surface area contributed by atoms with Gasteiger partial charge in [-0.15, -0.1) is 0 Å². The highest BCUT2D eigenvalue weighted by atomic mass is 127. The van der Waals surface area contributed by atoms with E-state index in [1.54, 1.807) is 0 Å². The zero-order chi connectivity index (χ0) is 22.8. The van der Waals surface area contributed by atoms with Crippen LogP contribution in [0.1, 0.15) is 38.5 Å². The standard InChI is InChI=1S/C18H14IS.C11H16O2/c19-15-11-13-18(14-12-15)20(16-7-3-1-4-8-16)17-9-5-2-6-10-17;12-10(13)11-4-7-1-8(5-11)3-9(2-7)6-11/h1-14H;7-9H,1-6H2,(H,12,13)/q+1;/p-1. The molecule has 0 aromatic heterocycles. The van der Waals surface area contributed by atoms with E-state index in [4.69, 9.17) is 0 Å². The Kier molecular flexibility index (Phi) is 6.84. The highest BCUT2D eigenvalue weighted by Crippen LogP contribution is 2.59. The molecule has 33 heavy (non-hydrogen) atoms. The number of halogens is 1. The van der Waals surface area contributed by atoms with Crippen LogP contribution < -0.4 is 5.11 Å². The van der Waals surface area contributed by atoms with Crippen LogP contribution in [-0.2, 0) is 15.7 Å². The van der Waals surface area contributed by atoms with Gasteiger partial charge in [0.15, 0.2) is 14.7 Å². The summed E-state index contributed by atoms with van der Waals surface area (Å²) in [6.45, 7) is 0. The minimum absolute atomic E-state index is 0.0262. The number of aliphatic carboxylic acids is 1. The molecule has 0 heterocycles. The first-order chi connectivity index (χ1) is 16.0. The molecule has 3 aromatic carbocycles. The van der Waals surface area contributed by atoms with Gasteiger partial charge in [-0.1, -0.05) is 36.4 Å². The van der Waals surface area contributed by atoms with E-state index < -0.39 is 11.4 Å². The SMILES string of the molecule is Ic1ccc([S+](c2ccccc2)c2ccccc2)cc1.O=C([O-])C12CC3CC(CC(C3)C1)C2. The van der Waals surface area contributed by atoms with Crippen LogP contribution in [0.2, 0.25) is 0 Å². The third-order valence-electron chi connectivity index (χ3n) is 7.48. The van der Waals surface area contributed by atoms with Crippen LogP contribution in [0.4, 0.5) is 0 Å². The second kappa shape index (κ2) is 9.83. The predicted octanol–water partition coefficient (Wildman–Crippen LogP) is 6.34. The van der Waals surface area contributed by atoms with Gasteiger partial charge >= 0.3 is 0 Å². The fraction of sp³-hybridized carbons (Fsp3) is 0.345. The Morgan fingerprint density at radius 1 is 0.697 bits per heavy atom. The van der Waals surface area contributed by atoms with Crippen molar-refractivity contribution in [1.82, 2.24) is 0 Å². The van der Waals surface area contributed by atoms with E-state index in [2.05, 4.69) is 108 Å². The van der Waals surface area contributed by atoms with Crippen LogP contribution in [-0.4, -0.2) is 5.97 Å².